The molecule has 9 heteroatoms. The number of benzene rings is 1. The van der Waals surface area contributed by atoms with Crippen molar-refractivity contribution < 1.29 is 13.2 Å². The van der Waals surface area contributed by atoms with Crippen LogP contribution >= 0.6 is 0 Å². The number of hydrogen-bond acceptors (Lipinski definition) is 6. The van der Waals surface area contributed by atoms with Crippen LogP contribution in [0.15, 0.2) is 35.2 Å². The molecule has 0 aromatic heterocycles. The van der Waals surface area contributed by atoms with Crippen LogP contribution in [-0.2, 0) is 14.8 Å². The molecular weight excluding hydrogens is 366 g/mol. The van der Waals surface area contributed by atoms with Gasteiger partial charge in [0.15, 0.2) is 0 Å². The van der Waals surface area contributed by atoms with Crippen LogP contribution < -0.4 is 16.2 Å². The zero-order chi connectivity index (χ0) is 18.9. The zero-order valence-electron chi connectivity index (χ0n) is 15.3. The second-order valence-electron chi connectivity index (χ2n) is 7.43. The molecule has 3 heterocycles. The van der Waals surface area contributed by atoms with Gasteiger partial charge in [0.25, 0.3) is 0 Å². The molecule has 0 bridgehead atoms. The van der Waals surface area contributed by atoms with Gasteiger partial charge >= 0.3 is 0 Å². The highest BCUT2D eigenvalue weighted by atomic mass is 32.2. The van der Waals surface area contributed by atoms with Crippen LogP contribution in [0.4, 0.5) is 0 Å². The fraction of sp³-hybridized carbons (Fsp3) is 0.611. The van der Waals surface area contributed by atoms with E-state index in [2.05, 4.69) is 16.2 Å². The summed E-state index contributed by atoms with van der Waals surface area (Å²) in [6, 6.07) is 8.57. The Morgan fingerprint density at radius 3 is 2.67 bits per heavy atom. The number of nitrogens with one attached hydrogen (secondary N) is 3. The van der Waals surface area contributed by atoms with E-state index >= 15 is 0 Å². The van der Waals surface area contributed by atoms with E-state index in [1.807, 2.05) is 4.90 Å². The molecule has 0 radical (unpaired) electrons. The summed E-state index contributed by atoms with van der Waals surface area (Å²) in [6.45, 7) is 3.56. The van der Waals surface area contributed by atoms with Crippen LogP contribution in [0, 0.1) is 5.92 Å². The zero-order valence-corrected chi connectivity index (χ0v) is 16.1. The lowest BCUT2D eigenvalue weighted by Crippen LogP contribution is -2.51. The van der Waals surface area contributed by atoms with E-state index in [0.717, 1.165) is 19.5 Å². The number of rotatable bonds is 3. The Balaban J connectivity index is 1.42. The highest BCUT2D eigenvalue weighted by Crippen LogP contribution is 2.23. The predicted molar refractivity (Wildman–Crippen MR) is 101 cm³/mol. The third-order valence-corrected chi connectivity index (χ3v) is 7.71. The molecule has 1 aromatic carbocycles. The summed E-state index contributed by atoms with van der Waals surface area (Å²) in [5.41, 5.74) is 6.43. The van der Waals surface area contributed by atoms with Gasteiger partial charge in [-0.05, 0) is 31.5 Å². The highest BCUT2D eigenvalue weighted by Gasteiger charge is 2.43. The number of hydrazine groups is 1. The van der Waals surface area contributed by atoms with Crippen LogP contribution in [0.5, 0.6) is 0 Å². The van der Waals surface area contributed by atoms with Gasteiger partial charge in [0, 0.05) is 44.7 Å². The van der Waals surface area contributed by atoms with Gasteiger partial charge in [0.1, 0.15) is 6.04 Å². The van der Waals surface area contributed by atoms with Crippen LogP contribution in [0.1, 0.15) is 12.8 Å². The Kier molecular flexibility index (Phi) is 5.47. The molecule has 3 aliphatic heterocycles. The molecular formula is C18H27N5O3S. The van der Waals surface area contributed by atoms with Gasteiger partial charge in [0.05, 0.1) is 4.90 Å². The van der Waals surface area contributed by atoms with Crippen molar-refractivity contribution >= 4 is 15.9 Å². The first-order valence-electron chi connectivity index (χ1n) is 9.63. The summed E-state index contributed by atoms with van der Waals surface area (Å²) in [6.07, 6.45) is 1.65. The van der Waals surface area contributed by atoms with E-state index in [1.165, 1.54) is 4.31 Å². The highest BCUT2D eigenvalue weighted by molar-refractivity contribution is 7.89. The lowest BCUT2D eigenvalue weighted by molar-refractivity contribution is -0.134. The van der Waals surface area contributed by atoms with Crippen LogP contribution in [0.2, 0.25) is 0 Å². The Morgan fingerprint density at radius 2 is 1.85 bits per heavy atom. The average Bonchev–Trinajstić information content (AvgIpc) is 2.96. The third kappa shape index (κ3) is 3.74. The lowest BCUT2D eigenvalue weighted by Gasteiger charge is -2.30. The number of amides is 1. The van der Waals surface area contributed by atoms with Crippen molar-refractivity contribution in [1.29, 1.82) is 0 Å². The molecule has 3 unspecified atom stereocenters. The maximum Gasteiger partial charge on any atom is 0.243 e. The van der Waals surface area contributed by atoms with Crippen molar-refractivity contribution in [3.05, 3.63) is 30.3 Å². The third-order valence-electron chi connectivity index (χ3n) is 5.79. The minimum absolute atomic E-state index is 0.0673. The SMILES string of the molecule is O=C(C1NNC2CCNCC21)N1CCCN(S(=O)(=O)c2ccccc2)CC1. The molecule has 3 atom stereocenters. The Morgan fingerprint density at radius 1 is 1.04 bits per heavy atom. The van der Waals surface area contributed by atoms with Gasteiger partial charge in [-0.15, -0.1) is 0 Å². The number of sulfonamides is 1. The molecule has 0 aliphatic carbocycles. The number of carbonyl (C=O) groups is 1. The molecule has 3 saturated heterocycles. The van der Waals surface area contributed by atoms with Gasteiger partial charge in [0.2, 0.25) is 15.9 Å². The number of carbonyl (C=O) groups excluding carboxylic acids is 1. The van der Waals surface area contributed by atoms with Crippen LogP contribution in [-0.4, -0.2) is 74.9 Å². The molecule has 0 saturated carbocycles. The number of piperidine rings is 1. The first-order chi connectivity index (χ1) is 13.1. The van der Waals surface area contributed by atoms with E-state index in [9.17, 15) is 13.2 Å². The second kappa shape index (κ2) is 7.84. The Hall–Kier alpha value is -1.52. The lowest BCUT2D eigenvalue weighted by atomic mass is 9.89. The van der Waals surface area contributed by atoms with Gasteiger partial charge in [-0.1, -0.05) is 18.2 Å². The molecule has 27 heavy (non-hydrogen) atoms. The molecule has 1 aromatic rings. The summed E-state index contributed by atoms with van der Waals surface area (Å²) in [4.78, 5) is 15.2. The normalized spacial score (nSPS) is 29.9. The monoisotopic (exact) mass is 393 g/mol. The fourth-order valence-corrected chi connectivity index (χ4v) is 5.74. The van der Waals surface area contributed by atoms with Gasteiger partial charge < -0.3 is 10.2 Å². The van der Waals surface area contributed by atoms with E-state index in [-0.39, 0.29) is 17.9 Å². The summed E-state index contributed by atoms with van der Waals surface area (Å²) in [5.74, 6) is 0.302. The van der Waals surface area contributed by atoms with E-state index in [0.29, 0.717) is 43.5 Å². The summed E-state index contributed by atoms with van der Waals surface area (Å²) < 4.78 is 27.2. The summed E-state index contributed by atoms with van der Waals surface area (Å²) in [5, 5.41) is 3.36. The van der Waals surface area contributed by atoms with Crippen molar-refractivity contribution in [2.24, 2.45) is 5.92 Å². The average molecular weight is 394 g/mol. The van der Waals surface area contributed by atoms with Crippen molar-refractivity contribution in [2.45, 2.75) is 29.8 Å². The van der Waals surface area contributed by atoms with E-state index in [4.69, 9.17) is 0 Å². The Bertz CT molecular complexity index is 772. The Labute approximate surface area is 160 Å². The number of hydrogen-bond donors (Lipinski definition) is 3. The van der Waals surface area contributed by atoms with Crippen molar-refractivity contribution in [2.75, 3.05) is 39.3 Å². The first-order valence-corrected chi connectivity index (χ1v) is 11.1. The van der Waals surface area contributed by atoms with Crippen molar-refractivity contribution in [3.8, 4) is 0 Å². The summed E-state index contributed by atoms with van der Waals surface area (Å²) in [7, 11) is -3.52. The van der Waals surface area contributed by atoms with Crippen molar-refractivity contribution in [1.82, 2.24) is 25.4 Å². The van der Waals surface area contributed by atoms with Crippen molar-refractivity contribution in [3.63, 3.8) is 0 Å². The maximum atomic E-state index is 13.1. The minimum Gasteiger partial charge on any atom is -0.340 e. The maximum absolute atomic E-state index is 13.1. The van der Waals surface area contributed by atoms with Crippen LogP contribution in [0.3, 0.4) is 0 Å². The smallest absolute Gasteiger partial charge is 0.243 e. The molecule has 8 nitrogen and oxygen atoms in total. The van der Waals surface area contributed by atoms with E-state index < -0.39 is 10.0 Å². The quantitative estimate of drug-likeness (QED) is 0.633. The van der Waals surface area contributed by atoms with E-state index in [1.54, 1.807) is 30.3 Å². The standard InChI is InChI=1S/C18H27N5O3S/c24-18(17-15-13-19-8-7-16(15)20-21-17)22-9-4-10-23(12-11-22)27(25,26)14-5-2-1-3-6-14/h1-3,5-6,15-17,19-21H,4,7-13H2. The van der Waals surface area contributed by atoms with Gasteiger partial charge in [-0.3, -0.25) is 10.2 Å². The summed E-state index contributed by atoms with van der Waals surface area (Å²) >= 11 is 0. The minimum atomic E-state index is -3.52. The molecule has 4 rings (SSSR count). The first kappa shape index (κ1) is 18.8. The predicted octanol–water partition coefficient (Wildman–Crippen LogP) is -0.636. The molecule has 0 spiro atoms. The molecule has 1 amide bonds. The van der Waals surface area contributed by atoms with Gasteiger partial charge in [-0.2, -0.15) is 4.31 Å². The molecule has 3 aliphatic rings. The number of nitrogens with zero attached hydrogens (tertiary/aromatic N) is 2. The molecule has 148 valence electrons. The second-order valence-corrected chi connectivity index (χ2v) is 9.36. The fourth-order valence-electron chi connectivity index (χ4n) is 4.25. The number of fused-ring (bicyclic) bond motifs is 1. The van der Waals surface area contributed by atoms with Crippen LogP contribution in [0.25, 0.3) is 0 Å². The van der Waals surface area contributed by atoms with Gasteiger partial charge in [-0.25, -0.2) is 13.8 Å². The topological polar surface area (TPSA) is 93.8 Å². The largest absolute Gasteiger partial charge is 0.340 e. The molecule has 3 fully saturated rings. The molecule has 3 N–H and O–H groups in total.